The Labute approximate surface area is 88.5 Å². The molecule has 3 N–H and O–H groups in total. The monoisotopic (exact) mass is 214 g/mol. The van der Waals surface area contributed by atoms with Gasteiger partial charge in [0.2, 0.25) is 0 Å². The summed E-state index contributed by atoms with van der Waals surface area (Å²) in [4.78, 5) is 0. The van der Waals surface area contributed by atoms with Crippen molar-refractivity contribution in [1.82, 2.24) is 0 Å². The zero-order valence-corrected chi connectivity index (χ0v) is 8.98. The number of benzene rings is 1. The molecule has 0 spiro atoms. The van der Waals surface area contributed by atoms with Gasteiger partial charge in [-0.2, -0.15) is 0 Å². The van der Waals surface area contributed by atoms with Gasteiger partial charge in [0.05, 0.1) is 11.4 Å². The van der Waals surface area contributed by atoms with Gasteiger partial charge in [-0.15, -0.1) is 0 Å². The smallest absolute Gasteiger partial charge is 0.183 e. The SMILES string of the molecule is CCC(C)CNc1c(N)ccc(F)c1F. The Kier molecular flexibility index (Phi) is 3.88. The summed E-state index contributed by atoms with van der Waals surface area (Å²) in [5.41, 5.74) is 5.85. The van der Waals surface area contributed by atoms with Gasteiger partial charge in [0, 0.05) is 6.54 Å². The molecule has 84 valence electrons. The molecule has 15 heavy (non-hydrogen) atoms. The molecule has 0 aliphatic heterocycles. The summed E-state index contributed by atoms with van der Waals surface area (Å²) in [6.07, 6.45) is 0.976. The number of nitrogen functional groups attached to an aromatic ring is 1. The maximum absolute atomic E-state index is 13.3. The van der Waals surface area contributed by atoms with Gasteiger partial charge in [-0.05, 0) is 18.1 Å². The van der Waals surface area contributed by atoms with E-state index in [4.69, 9.17) is 5.73 Å². The Morgan fingerprint density at radius 3 is 2.67 bits per heavy atom. The van der Waals surface area contributed by atoms with E-state index >= 15 is 0 Å². The topological polar surface area (TPSA) is 38.0 Å². The normalized spacial score (nSPS) is 12.5. The first-order valence-electron chi connectivity index (χ1n) is 5.03. The predicted molar refractivity (Wildman–Crippen MR) is 58.7 cm³/mol. The Morgan fingerprint density at radius 2 is 2.07 bits per heavy atom. The molecule has 0 amide bonds. The molecule has 0 aliphatic rings. The Bertz CT molecular complexity index is 340. The summed E-state index contributed by atoms with van der Waals surface area (Å²) < 4.78 is 26.2. The highest BCUT2D eigenvalue weighted by Crippen LogP contribution is 2.24. The van der Waals surface area contributed by atoms with Crippen LogP contribution in [0.15, 0.2) is 12.1 Å². The third-order valence-corrected chi connectivity index (χ3v) is 2.45. The molecular weight excluding hydrogens is 198 g/mol. The number of hydrogen-bond donors (Lipinski definition) is 2. The van der Waals surface area contributed by atoms with Crippen molar-refractivity contribution in [3.8, 4) is 0 Å². The number of nitrogens with one attached hydrogen (secondary N) is 1. The molecule has 0 bridgehead atoms. The second-order valence-electron chi connectivity index (χ2n) is 3.72. The molecule has 0 radical (unpaired) electrons. The molecule has 1 rings (SSSR count). The van der Waals surface area contributed by atoms with Gasteiger partial charge in [-0.3, -0.25) is 0 Å². The van der Waals surface area contributed by atoms with Crippen LogP contribution >= 0.6 is 0 Å². The van der Waals surface area contributed by atoms with E-state index in [-0.39, 0.29) is 11.4 Å². The van der Waals surface area contributed by atoms with Gasteiger partial charge in [0.25, 0.3) is 0 Å². The van der Waals surface area contributed by atoms with E-state index < -0.39 is 11.6 Å². The molecule has 1 atom stereocenters. The van der Waals surface area contributed by atoms with E-state index in [0.717, 1.165) is 12.5 Å². The first-order valence-corrected chi connectivity index (χ1v) is 5.03. The van der Waals surface area contributed by atoms with Gasteiger partial charge in [-0.25, -0.2) is 8.78 Å². The summed E-state index contributed by atoms with van der Waals surface area (Å²) in [6.45, 7) is 4.65. The average Bonchev–Trinajstić information content (AvgIpc) is 2.23. The van der Waals surface area contributed by atoms with Crippen LogP contribution in [0.1, 0.15) is 20.3 Å². The number of hydrogen-bond acceptors (Lipinski definition) is 2. The van der Waals surface area contributed by atoms with Crippen LogP contribution in [-0.4, -0.2) is 6.54 Å². The second kappa shape index (κ2) is 4.96. The second-order valence-corrected chi connectivity index (χ2v) is 3.72. The van der Waals surface area contributed by atoms with E-state index in [0.29, 0.717) is 12.5 Å². The molecule has 4 heteroatoms. The molecule has 0 fully saturated rings. The van der Waals surface area contributed by atoms with Crippen molar-refractivity contribution in [2.75, 3.05) is 17.6 Å². The number of rotatable bonds is 4. The fourth-order valence-electron chi connectivity index (χ4n) is 1.17. The van der Waals surface area contributed by atoms with E-state index in [1.54, 1.807) is 0 Å². The zero-order chi connectivity index (χ0) is 11.4. The van der Waals surface area contributed by atoms with Gasteiger partial charge in [0.1, 0.15) is 0 Å². The highest BCUT2D eigenvalue weighted by atomic mass is 19.2. The zero-order valence-electron chi connectivity index (χ0n) is 8.98. The molecule has 1 unspecified atom stereocenters. The quantitative estimate of drug-likeness (QED) is 0.756. The average molecular weight is 214 g/mol. The van der Waals surface area contributed by atoms with Crippen molar-refractivity contribution in [2.45, 2.75) is 20.3 Å². The first-order chi connectivity index (χ1) is 7.06. The van der Waals surface area contributed by atoms with Crippen LogP contribution < -0.4 is 11.1 Å². The van der Waals surface area contributed by atoms with Crippen LogP contribution in [0.5, 0.6) is 0 Å². The molecule has 1 aromatic carbocycles. The van der Waals surface area contributed by atoms with E-state index in [1.807, 2.05) is 13.8 Å². The molecular formula is C11H16F2N2. The molecule has 0 heterocycles. The summed E-state index contributed by atoms with van der Waals surface area (Å²) in [5, 5.41) is 2.83. The van der Waals surface area contributed by atoms with Gasteiger partial charge in [-0.1, -0.05) is 20.3 Å². The van der Waals surface area contributed by atoms with Crippen molar-refractivity contribution in [2.24, 2.45) is 5.92 Å². The largest absolute Gasteiger partial charge is 0.397 e. The maximum Gasteiger partial charge on any atom is 0.183 e. The molecule has 1 aromatic rings. The van der Waals surface area contributed by atoms with Gasteiger partial charge >= 0.3 is 0 Å². The van der Waals surface area contributed by atoms with Crippen LogP contribution in [0, 0.1) is 17.6 Å². The molecule has 0 aromatic heterocycles. The Balaban J connectivity index is 2.80. The van der Waals surface area contributed by atoms with Crippen molar-refractivity contribution in [1.29, 1.82) is 0 Å². The fourth-order valence-corrected chi connectivity index (χ4v) is 1.17. The lowest BCUT2D eigenvalue weighted by Gasteiger charge is -2.14. The van der Waals surface area contributed by atoms with Crippen molar-refractivity contribution in [3.05, 3.63) is 23.8 Å². The maximum atomic E-state index is 13.3. The Morgan fingerprint density at radius 1 is 1.40 bits per heavy atom. The van der Waals surface area contributed by atoms with Crippen molar-refractivity contribution < 1.29 is 8.78 Å². The standard InChI is InChI=1S/C11H16F2N2/c1-3-7(2)6-15-11-9(14)5-4-8(12)10(11)13/h4-5,7,15H,3,6,14H2,1-2H3. The summed E-state index contributed by atoms with van der Waals surface area (Å²) in [7, 11) is 0. The molecule has 0 aliphatic carbocycles. The van der Waals surface area contributed by atoms with E-state index in [1.165, 1.54) is 6.07 Å². The first kappa shape index (κ1) is 11.8. The molecule has 0 saturated heterocycles. The van der Waals surface area contributed by atoms with Crippen molar-refractivity contribution in [3.63, 3.8) is 0 Å². The highest BCUT2D eigenvalue weighted by Gasteiger charge is 2.11. The van der Waals surface area contributed by atoms with E-state index in [9.17, 15) is 8.78 Å². The summed E-state index contributed by atoms with van der Waals surface area (Å²) in [5.74, 6) is -1.39. The van der Waals surface area contributed by atoms with Crippen LogP contribution in [-0.2, 0) is 0 Å². The lowest BCUT2D eigenvalue weighted by Crippen LogP contribution is -2.13. The van der Waals surface area contributed by atoms with Crippen molar-refractivity contribution >= 4 is 11.4 Å². The minimum absolute atomic E-state index is 0.0651. The van der Waals surface area contributed by atoms with Gasteiger partial charge in [0.15, 0.2) is 11.6 Å². The Hall–Kier alpha value is -1.32. The van der Waals surface area contributed by atoms with Crippen LogP contribution in [0.4, 0.5) is 20.2 Å². The van der Waals surface area contributed by atoms with E-state index in [2.05, 4.69) is 5.32 Å². The lowest BCUT2D eigenvalue weighted by molar-refractivity contribution is 0.509. The minimum atomic E-state index is -0.904. The third kappa shape index (κ3) is 2.81. The highest BCUT2D eigenvalue weighted by molar-refractivity contribution is 5.66. The van der Waals surface area contributed by atoms with Crippen LogP contribution in [0.25, 0.3) is 0 Å². The minimum Gasteiger partial charge on any atom is -0.397 e. The van der Waals surface area contributed by atoms with Crippen LogP contribution in [0.2, 0.25) is 0 Å². The number of nitrogens with two attached hydrogens (primary N) is 1. The molecule has 2 nitrogen and oxygen atoms in total. The molecule has 0 saturated carbocycles. The number of anilines is 2. The summed E-state index contributed by atoms with van der Waals surface area (Å²) >= 11 is 0. The fraction of sp³-hybridized carbons (Fsp3) is 0.455. The number of halogens is 2. The van der Waals surface area contributed by atoms with Gasteiger partial charge < -0.3 is 11.1 Å². The third-order valence-electron chi connectivity index (χ3n) is 2.45. The predicted octanol–water partition coefficient (Wildman–Crippen LogP) is 3.00. The summed E-state index contributed by atoms with van der Waals surface area (Å²) in [6, 6.07) is 2.39. The van der Waals surface area contributed by atoms with Crippen LogP contribution in [0.3, 0.4) is 0 Å². The lowest BCUT2D eigenvalue weighted by atomic mass is 10.1.